The number of hydrogen-bond donors (Lipinski definition) is 0. The number of rotatable bonds is 8. The van der Waals surface area contributed by atoms with Gasteiger partial charge in [0.05, 0.1) is 12.8 Å². The minimum absolute atomic E-state index is 0.506. The second-order valence-electron chi connectivity index (χ2n) is 3.48. The van der Waals surface area contributed by atoms with Crippen LogP contribution in [0.5, 0.6) is 0 Å². The van der Waals surface area contributed by atoms with Crippen molar-refractivity contribution in [3.8, 4) is 0 Å². The molecule has 88 valence electrons. The molecule has 1 rings (SSSR count). The predicted octanol–water partition coefficient (Wildman–Crippen LogP) is 3.01. The predicted molar refractivity (Wildman–Crippen MR) is 65.5 cm³/mol. The average Bonchev–Trinajstić information content (AvgIpc) is 2.34. The molecule has 0 saturated heterocycles. The van der Waals surface area contributed by atoms with E-state index < -0.39 is 0 Å². The molecule has 0 aliphatic heterocycles. The molecule has 0 fully saturated rings. The first-order valence-corrected chi connectivity index (χ1v) is 5.69. The van der Waals surface area contributed by atoms with Crippen LogP contribution in [-0.2, 0) is 16.2 Å². The Labute approximate surface area is 97.1 Å². The van der Waals surface area contributed by atoms with Crippen LogP contribution in [-0.4, -0.2) is 19.4 Å². The van der Waals surface area contributed by atoms with E-state index in [2.05, 4.69) is 12.1 Å². The second kappa shape index (κ2) is 8.92. The van der Waals surface area contributed by atoms with E-state index in [-0.39, 0.29) is 0 Å². The highest BCUT2D eigenvalue weighted by Gasteiger charge is 1.89. The van der Waals surface area contributed by atoms with Crippen molar-refractivity contribution < 1.29 is 9.57 Å². The van der Waals surface area contributed by atoms with Gasteiger partial charge in [-0.25, -0.2) is 0 Å². The summed E-state index contributed by atoms with van der Waals surface area (Å²) in [7, 11) is 0. The first kappa shape index (κ1) is 12.7. The Morgan fingerprint density at radius 3 is 2.81 bits per heavy atom. The van der Waals surface area contributed by atoms with E-state index >= 15 is 0 Å². The van der Waals surface area contributed by atoms with Crippen molar-refractivity contribution in [3.63, 3.8) is 0 Å². The van der Waals surface area contributed by atoms with Gasteiger partial charge in [-0.05, 0) is 12.0 Å². The van der Waals surface area contributed by atoms with Gasteiger partial charge in [0, 0.05) is 6.61 Å². The Morgan fingerprint density at radius 2 is 2.06 bits per heavy atom. The molecule has 0 radical (unpaired) electrons. The van der Waals surface area contributed by atoms with Crippen LogP contribution >= 0.6 is 0 Å². The Balaban J connectivity index is 2.00. The van der Waals surface area contributed by atoms with Crippen molar-refractivity contribution in [2.75, 3.05) is 13.2 Å². The molecule has 1 aromatic carbocycles. The number of nitrogens with zero attached hydrogens (tertiary/aromatic N) is 1. The SMILES string of the molecule is CCCCOC/C=N/OCc1ccccc1. The molecule has 0 N–H and O–H groups in total. The fraction of sp³-hybridized carbons (Fsp3) is 0.462. The van der Waals surface area contributed by atoms with Gasteiger partial charge in [0.15, 0.2) is 0 Å². The molecule has 0 unspecified atom stereocenters. The summed E-state index contributed by atoms with van der Waals surface area (Å²) in [6.45, 7) is 3.96. The maximum Gasteiger partial charge on any atom is 0.142 e. The lowest BCUT2D eigenvalue weighted by molar-refractivity contribution is 0.125. The van der Waals surface area contributed by atoms with Crippen molar-refractivity contribution >= 4 is 6.21 Å². The van der Waals surface area contributed by atoms with Gasteiger partial charge in [0.2, 0.25) is 0 Å². The van der Waals surface area contributed by atoms with Gasteiger partial charge in [-0.3, -0.25) is 0 Å². The van der Waals surface area contributed by atoms with Crippen molar-refractivity contribution in [2.24, 2.45) is 5.16 Å². The normalized spacial score (nSPS) is 10.8. The topological polar surface area (TPSA) is 30.8 Å². The molecule has 0 heterocycles. The van der Waals surface area contributed by atoms with E-state index in [1.165, 1.54) is 0 Å². The summed E-state index contributed by atoms with van der Waals surface area (Å²) in [4.78, 5) is 5.12. The van der Waals surface area contributed by atoms with Crippen LogP contribution in [0.4, 0.5) is 0 Å². The van der Waals surface area contributed by atoms with Gasteiger partial charge >= 0.3 is 0 Å². The monoisotopic (exact) mass is 221 g/mol. The van der Waals surface area contributed by atoms with E-state index in [0.717, 1.165) is 25.0 Å². The van der Waals surface area contributed by atoms with Crippen molar-refractivity contribution in [2.45, 2.75) is 26.4 Å². The largest absolute Gasteiger partial charge is 0.391 e. The summed E-state index contributed by atoms with van der Waals surface area (Å²) in [5.74, 6) is 0. The summed E-state index contributed by atoms with van der Waals surface area (Å²) in [6.07, 6.45) is 3.90. The Morgan fingerprint density at radius 1 is 1.25 bits per heavy atom. The lowest BCUT2D eigenvalue weighted by Crippen LogP contribution is -1.97. The molecule has 0 atom stereocenters. The van der Waals surface area contributed by atoms with E-state index in [9.17, 15) is 0 Å². The Bertz CT molecular complexity index is 285. The number of oxime groups is 1. The van der Waals surface area contributed by atoms with Crippen LogP contribution in [0.25, 0.3) is 0 Å². The summed E-state index contributed by atoms with van der Waals surface area (Å²) in [5, 5.41) is 3.81. The first-order chi connectivity index (χ1) is 7.93. The number of unbranched alkanes of at least 4 members (excludes halogenated alkanes) is 1. The summed E-state index contributed by atoms with van der Waals surface area (Å²) < 4.78 is 5.30. The van der Waals surface area contributed by atoms with E-state index in [1.54, 1.807) is 6.21 Å². The van der Waals surface area contributed by atoms with Crippen molar-refractivity contribution in [3.05, 3.63) is 35.9 Å². The van der Waals surface area contributed by atoms with Crippen LogP contribution in [0.1, 0.15) is 25.3 Å². The van der Waals surface area contributed by atoms with Crippen LogP contribution in [0.15, 0.2) is 35.5 Å². The molecule has 16 heavy (non-hydrogen) atoms. The molecule has 0 amide bonds. The molecule has 0 aromatic heterocycles. The maximum absolute atomic E-state index is 5.30. The zero-order valence-corrected chi connectivity index (χ0v) is 9.76. The Hall–Kier alpha value is -1.35. The van der Waals surface area contributed by atoms with Crippen LogP contribution in [0, 0.1) is 0 Å². The molecular weight excluding hydrogens is 202 g/mol. The van der Waals surface area contributed by atoms with E-state index in [1.807, 2.05) is 30.3 Å². The third kappa shape index (κ3) is 6.19. The number of hydrogen-bond acceptors (Lipinski definition) is 3. The average molecular weight is 221 g/mol. The zero-order valence-electron chi connectivity index (χ0n) is 9.76. The molecule has 1 aromatic rings. The fourth-order valence-electron chi connectivity index (χ4n) is 1.15. The Kier molecular flexibility index (Phi) is 7.09. The number of benzene rings is 1. The van der Waals surface area contributed by atoms with Gasteiger partial charge in [-0.15, -0.1) is 0 Å². The van der Waals surface area contributed by atoms with Crippen molar-refractivity contribution in [1.82, 2.24) is 0 Å². The highest BCUT2D eigenvalue weighted by atomic mass is 16.6. The molecular formula is C13H19NO2. The maximum atomic E-state index is 5.30. The van der Waals surface area contributed by atoms with Crippen LogP contribution in [0.3, 0.4) is 0 Å². The van der Waals surface area contributed by atoms with Crippen LogP contribution < -0.4 is 0 Å². The lowest BCUT2D eigenvalue weighted by Gasteiger charge is -1.99. The van der Waals surface area contributed by atoms with Crippen molar-refractivity contribution in [1.29, 1.82) is 0 Å². The van der Waals surface area contributed by atoms with E-state index in [0.29, 0.717) is 13.2 Å². The summed E-state index contributed by atoms with van der Waals surface area (Å²) >= 11 is 0. The minimum atomic E-state index is 0.506. The fourth-order valence-corrected chi connectivity index (χ4v) is 1.15. The lowest BCUT2D eigenvalue weighted by atomic mass is 10.2. The quantitative estimate of drug-likeness (QED) is 0.384. The third-order valence-corrected chi connectivity index (χ3v) is 2.06. The highest BCUT2D eigenvalue weighted by Crippen LogP contribution is 1.99. The van der Waals surface area contributed by atoms with Gasteiger partial charge in [0.25, 0.3) is 0 Å². The van der Waals surface area contributed by atoms with Gasteiger partial charge in [0.1, 0.15) is 6.61 Å². The van der Waals surface area contributed by atoms with E-state index in [4.69, 9.17) is 9.57 Å². The molecule has 3 nitrogen and oxygen atoms in total. The third-order valence-electron chi connectivity index (χ3n) is 2.06. The smallest absolute Gasteiger partial charge is 0.142 e. The van der Waals surface area contributed by atoms with Gasteiger partial charge in [-0.1, -0.05) is 48.8 Å². The molecule has 0 aliphatic carbocycles. The highest BCUT2D eigenvalue weighted by molar-refractivity contribution is 5.57. The molecule has 0 aliphatic rings. The molecule has 3 heteroatoms. The molecule has 0 saturated carbocycles. The zero-order chi connectivity index (χ0) is 11.5. The van der Waals surface area contributed by atoms with Crippen LogP contribution in [0.2, 0.25) is 0 Å². The molecule has 0 bridgehead atoms. The standard InChI is InChI=1S/C13H19NO2/c1-2-3-10-15-11-9-14-16-12-13-7-5-4-6-8-13/h4-9H,2-3,10-12H2,1H3/b14-9+. The minimum Gasteiger partial charge on any atom is -0.391 e. The summed E-state index contributed by atoms with van der Waals surface area (Å²) in [6, 6.07) is 9.96. The molecule has 0 spiro atoms. The second-order valence-corrected chi connectivity index (χ2v) is 3.48. The first-order valence-electron chi connectivity index (χ1n) is 5.69. The summed E-state index contributed by atoms with van der Waals surface area (Å²) in [5.41, 5.74) is 1.12. The van der Waals surface area contributed by atoms with Gasteiger partial charge in [-0.2, -0.15) is 0 Å². The number of ether oxygens (including phenoxy) is 1. The van der Waals surface area contributed by atoms with Gasteiger partial charge < -0.3 is 9.57 Å².